The number of amides is 1. The third-order valence-corrected chi connectivity index (χ3v) is 5.89. The van der Waals surface area contributed by atoms with Gasteiger partial charge in [-0.05, 0) is 29.5 Å². The molecule has 1 aromatic heterocycles. The molecule has 0 fully saturated rings. The van der Waals surface area contributed by atoms with Crippen LogP contribution in [0.15, 0.2) is 53.7 Å². The highest BCUT2D eigenvalue weighted by Gasteiger charge is 2.18. The molecule has 0 saturated carbocycles. The molecule has 0 atom stereocenters. The van der Waals surface area contributed by atoms with Crippen LogP contribution in [0.2, 0.25) is 0 Å². The van der Waals surface area contributed by atoms with Crippen LogP contribution in [-0.4, -0.2) is 45.2 Å². The van der Waals surface area contributed by atoms with Crippen molar-refractivity contribution in [1.29, 1.82) is 0 Å². The normalized spacial score (nSPS) is 11.5. The Morgan fingerprint density at radius 3 is 2.56 bits per heavy atom. The van der Waals surface area contributed by atoms with Gasteiger partial charge in [0.05, 0.1) is 5.75 Å². The van der Waals surface area contributed by atoms with Crippen molar-refractivity contribution < 1.29 is 14.6 Å². The molecule has 32 heavy (non-hydrogen) atoms. The van der Waals surface area contributed by atoms with Crippen LogP contribution >= 0.6 is 11.8 Å². The predicted molar refractivity (Wildman–Crippen MR) is 128 cm³/mol. The van der Waals surface area contributed by atoms with Gasteiger partial charge in [0.15, 0.2) is 11.0 Å². The Kier molecular flexibility index (Phi) is 7.93. The molecular weight excluding hydrogens is 424 g/mol. The molecule has 1 amide bonds. The molecule has 2 aromatic carbocycles. The number of phenols is 1. The highest BCUT2D eigenvalue weighted by molar-refractivity contribution is 7.99. The number of hydrogen-bond donors (Lipinski definition) is 2. The second kappa shape index (κ2) is 10.7. The van der Waals surface area contributed by atoms with Crippen LogP contribution in [0, 0.1) is 0 Å². The van der Waals surface area contributed by atoms with Gasteiger partial charge in [0.25, 0.3) is 0 Å². The lowest BCUT2D eigenvalue weighted by atomic mass is 9.87. The molecule has 0 aliphatic rings. The molecule has 170 valence electrons. The zero-order valence-corrected chi connectivity index (χ0v) is 19.8. The lowest BCUT2D eigenvalue weighted by molar-refractivity contribution is -0.113. The number of nitrogens with one attached hydrogen (secondary N) is 1. The molecule has 7 nitrogen and oxygen atoms in total. The number of thioether (sulfide) groups is 1. The maximum absolute atomic E-state index is 12.4. The Bertz CT molecular complexity index is 1040. The Morgan fingerprint density at radius 2 is 1.91 bits per heavy atom. The first-order valence-corrected chi connectivity index (χ1v) is 11.5. The molecule has 0 unspecified atom stereocenters. The van der Waals surface area contributed by atoms with Crippen molar-refractivity contribution >= 4 is 23.4 Å². The van der Waals surface area contributed by atoms with Crippen LogP contribution < -0.4 is 5.32 Å². The zero-order valence-electron chi connectivity index (χ0n) is 19.0. The standard InChI is InChI=1S/C24H30N4O3S/c1-24(2,3)18-11-9-17(10-12-18)22-26-27-23(28(22)13-6-14-31-4)32-16-21(30)25-19-7-5-8-20(29)15-19/h5,7-12,15,29H,6,13-14,16H2,1-4H3,(H,25,30). The first kappa shape index (κ1) is 23.8. The Morgan fingerprint density at radius 1 is 1.16 bits per heavy atom. The molecule has 0 radical (unpaired) electrons. The van der Waals surface area contributed by atoms with Gasteiger partial charge in [-0.3, -0.25) is 4.79 Å². The van der Waals surface area contributed by atoms with Crippen LogP contribution in [-0.2, 0) is 21.5 Å². The SMILES string of the molecule is COCCCn1c(SCC(=O)Nc2cccc(O)c2)nnc1-c1ccc(C(C)(C)C)cc1. The number of benzene rings is 2. The van der Waals surface area contributed by atoms with E-state index in [2.05, 4.69) is 60.6 Å². The van der Waals surface area contributed by atoms with Gasteiger partial charge in [-0.1, -0.05) is 62.9 Å². The van der Waals surface area contributed by atoms with Gasteiger partial charge in [-0.2, -0.15) is 0 Å². The minimum absolute atomic E-state index is 0.0780. The van der Waals surface area contributed by atoms with E-state index in [1.54, 1.807) is 25.3 Å². The monoisotopic (exact) mass is 454 g/mol. The van der Waals surface area contributed by atoms with Crippen molar-refractivity contribution in [2.24, 2.45) is 0 Å². The van der Waals surface area contributed by atoms with E-state index < -0.39 is 0 Å². The minimum Gasteiger partial charge on any atom is -0.508 e. The number of carbonyl (C=O) groups excluding carboxylic acids is 1. The summed E-state index contributed by atoms with van der Waals surface area (Å²) in [5.74, 6) is 0.886. The third-order valence-electron chi connectivity index (χ3n) is 4.92. The summed E-state index contributed by atoms with van der Waals surface area (Å²) >= 11 is 1.33. The van der Waals surface area contributed by atoms with E-state index >= 15 is 0 Å². The fraction of sp³-hybridized carbons (Fsp3) is 0.375. The van der Waals surface area contributed by atoms with Gasteiger partial charge in [0.2, 0.25) is 5.91 Å². The summed E-state index contributed by atoms with van der Waals surface area (Å²) in [4.78, 5) is 12.4. The molecule has 2 N–H and O–H groups in total. The van der Waals surface area contributed by atoms with Crippen molar-refractivity contribution in [2.75, 3.05) is 24.8 Å². The van der Waals surface area contributed by atoms with Gasteiger partial charge in [-0.25, -0.2) is 0 Å². The van der Waals surface area contributed by atoms with Crippen LogP contribution in [0.25, 0.3) is 11.4 Å². The first-order valence-electron chi connectivity index (χ1n) is 10.5. The molecular formula is C24H30N4O3S. The Labute approximate surface area is 193 Å². The van der Waals surface area contributed by atoms with Gasteiger partial charge in [0.1, 0.15) is 5.75 Å². The largest absolute Gasteiger partial charge is 0.508 e. The lowest BCUT2D eigenvalue weighted by Crippen LogP contribution is -2.15. The number of nitrogens with zero attached hydrogens (tertiary/aromatic N) is 3. The fourth-order valence-corrected chi connectivity index (χ4v) is 3.97. The molecule has 3 rings (SSSR count). The van der Waals surface area contributed by atoms with Crippen LogP contribution in [0.1, 0.15) is 32.8 Å². The topological polar surface area (TPSA) is 89.3 Å². The number of ether oxygens (including phenoxy) is 1. The van der Waals surface area contributed by atoms with Gasteiger partial charge >= 0.3 is 0 Å². The number of hydrogen-bond acceptors (Lipinski definition) is 6. The van der Waals surface area contributed by atoms with Crippen LogP contribution in [0.4, 0.5) is 5.69 Å². The van der Waals surface area contributed by atoms with E-state index in [-0.39, 0.29) is 22.8 Å². The Balaban J connectivity index is 1.75. The number of methoxy groups -OCH3 is 1. The van der Waals surface area contributed by atoms with Crippen molar-refractivity contribution in [1.82, 2.24) is 14.8 Å². The highest BCUT2D eigenvalue weighted by atomic mass is 32.2. The average molecular weight is 455 g/mol. The van der Waals surface area contributed by atoms with E-state index in [1.807, 2.05) is 4.57 Å². The fourth-order valence-electron chi connectivity index (χ4n) is 3.21. The number of rotatable bonds is 9. The highest BCUT2D eigenvalue weighted by Crippen LogP contribution is 2.28. The maximum atomic E-state index is 12.4. The molecule has 8 heteroatoms. The summed E-state index contributed by atoms with van der Waals surface area (Å²) in [5.41, 5.74) is 2.87. The molecule has 1 heterocycles. The van der Waals surface area contributed by atoms with Gasteiger partial charge in [0, 0.05) is 37.6 Å². The smallest absolute Gasteiger partial charge is 0.234 e. The van der Waals surface area contributed by atoms with E-state index in [0.717, 1.165) is 17.8 Å². The Hall–Kier alpha value is -2.84. The van der Waals surface area contributed by atoms with E-state index in [0.29, 0.717) is 24.0 Å². The molecule has 0 saturated heterocycles. The number of carbonyl (C=O) groups is 1. The summed E-state index contributed by atoms with van der Waals surface area (Å²) < 4.78 is 7.25. The third kappa shape index (κ3) is 6.34. The molecule has 0 spiro atoms. The molecule has 0 aliphatic heterocycles. The van der Waals surface area contributed by atoms with Crippen molar-refractivity contribution in [3.05, 3.63) is 54.1 Å². The summed E-state index contributed by atoms with van der Waals surface area (Å²) in [6.45, 7) is 7.87. The van der Waals surface area contributed by atoms with Crippen molar-refractivity contribution in [2.45, 2.75) is 44.3 Å². The maximum Gasteiger partial charge on any atom is 0.234 e. The number of phenolic OH excluding ortho intramolecular Hbond substituents is 1. The van der Waals surface area contributed by atoms with E-state index in [9.17, 15) is 9.90 Å². The van der Waals surface area contributed by atoms with E-state index in [4.69, 9.17) is 4.74 Å². The second-order valence-corrected chi connectivity index (χ2v) is 9.46. The van der Waals surface area contributed by atoms with Gasteiger partial charge < -0.3 is 19.7 Å². The van der Waals surface area contributed by atoms with Crippen LogP contribution in [0.3, 0.4) is 0 Å². The van der Waals surface area contributed by atoms with Crippen molar-refractivity contribution in [3.8, 4) is 17.1 Å². The lowest BCUT2D eigenvalue weighted by Gasteiger charge is -2.19. The molecule has 0 bridgehead atoms. The predicted octanol–water partition coefficient (Wildman–Crippen LogP) is 4.72. The number of aromatic nitrogens is 3. The summed E-state index contributed by atoms with van der Waals surface area (Å²) in [6, 6.07) is 14.9. The number of anilines is 1. The molecule has 3 aromatic rings. The minimum atomic E-state index is -0.178. The molecule has 0 aliphatic carbocycles. The van der Waals surface area contributed by atoms with Gasteiger partial charge in [-0.15, -0.1) is 10.2 Å². The second-order valence-electron chi connectivity index (χ2n) is 8.52. The average Bonchev–Trinajstić information content (AvgIpc) is 3.15. The first-order chi connectivity index (χ1) is 15.3. The van der Waals surface area contributed by atoms with Crippen molar-refractivity contribution in [3.63, 3.8) is 0 Å². The van der Waals surface area contributed by atoms with Crippen LogP contribution in [0.5, 0.6) is 5.75 Å². The zero-order chi connectivity index (χ0) is 23.1. The summed E-state index contributed by atoms with van der Waals surface area (Å²) in [6.07, 6.45) is 0.810. The quantitative estimate of drug-likeness (QED) is 0.359. The van der Waals surface area contributed by atoms with E-state index in [1.165, 1.54) is 23.4 Å². The summed E-state index contributed by atoms with van der Waals surface area (Å²) in [5, 5.41) is 21.8. The number of aromatic hydroxyl groups is 1. The summed E-state index contributed by atoms with van der Waals surface area (Å²) in [7, 11) is 1.68.